The van der Waals surface area contributed by atoms with E-state index in [1.54, 1.807) is 12.0 Å². The zero-order chi connectivity index (χ0) is 25.1. The third-order valence-electron chi connectivity index (χ3n) is 7.76. The van der Waals surface area contributed by atoms with Crippen LogP contribution in [0.1, 0.15) is 36.8 Å². The lowest BCUT2D eigenvalue weighted by Crippen LogP contribution is -2.48. The molecule has 1 saturated carbocycles. The first kappa shape index (κ1) is 24.9. The van der Waals surface area contributed by atoms with Crippen molar-refractivity contribution in [2.75, 3.05) is 33.9 Å². The number of nitrogens with one attached hydrogen (secondary N) is 1. The van der Waals surface area contributed by atoms with E-state index in [4.69, 9.17) is 9.72 Å². The summed E-state index contributed by atoms with van der Waals surface area (Å²) in [5, 5.41) is 15.0. The molecule has 3 aliphatic rings. The molecule has 0 bridgehead atoms. The van der Waals surface area contributed by atoms with Crippen LogP contribution < -0.4 is 5.32 Å². The van der Waals surface area contributed by atoms with Crippen LogP contribution in [0.25, 0.3) is 10.9 Å². The fourth-order valence-electron chi connectivity index (χ4n) is 5.59. The molecule has 192 valence electrons. The lowest BCUT2D eigenvalue weighted by molar-refractivity contribution is -0.138. The summed E-state index contributed by atoms with van der Waals surface area (Å²) in [7, 11) is 3.59. The monoisotopic (exact) mass is 490 g/mol. The van der Waals surface area contributed by atoms with Crippen LogP contribution in [0.5, 0.6) is 0 Å². The Balaban J connectivity index is 1.42. The van der Waals surface area contributed by atoms with Crippen LogP contribution >= 0.6 is 0 Å². The fourth-order valence-corrected chi connectivity index (χ4v) is 5.59. The van der Waals surface area contributed by atoms with E-state index in [-0.39, 0.29) is 17.7 Å². The average molecular weight is 491 g/mol. The van der Waals surface area contributed by atoms with Gasteiger partial charge in [-0.3, -0.25) is 9.78 Å². The van der Waals surface area contributed by atoms with Gasteiger partial charge in [-0.2, -0.15) is 0 Å². The van der Waals surface area contributed by atoms with Crippen molar-refractivity contribution in [2.24, 2.45) is 11.8 Å². The van der Waals surface area contributed by atoms with Crippen molar-refractivity contribution in [2.45, 2.75) is 50.9 Å². The largest absolute Gasteiger partial charge is 0.385 e. The third kappa shape index (κ3) is 5.48. The van der Waals surface area contributed by atoms with Gasteiger partial charge in [0.15, 0.2) is 0 Å². The van der Waals surface area contributed by atoms with E-state index in [0.29, 0.717) is 19.1 Å². The Labute approximate surface area is 213 Å². The Bertz CT molecular complexity index is 1140. The van der Waals surface area contributed by atoms with Crippen LogP contribution in [0, 0.1) is 11.8 Å². The number of benzene rings is 1. The second-order valence-electron chi connectivity index (χ2n) is 10.4. The number of aryl methyl sites for hydroxylation is 1. The van der Waals surface area contributed by atoms with Crippen molar-refractivity contribution in [3.63, 3.8) is 0 Å². The molecule has 1 aliphatic carbocycles. The molecule has 2 aliphatic heterocycles. The van der Waals surface area contributed by atoms with Crippen LogP contribution in [0.15, 0.2) is 54.4 Å². The van der Waals surface area contributed by atoms with Crippen molar-refractivity contribution in [3.8, 4) is 0 Å². The Kier molecular flexibility index (Phi) is 7.70. The smallest absolute Gasteiger partial charge is 0.228 e. The Morgan fingerprint density at radius 1 is 1.31 bits per heavy atom. The summed E-state index contributed by atoms with van der Waals surface area (Å²) >= 11 is 0. The van der Waals surface area contributed by atoms with Crippen LogP contribution in [-0.2, 0) is 22.5 Å². The number of allylic oxidation sites excluding steroid dienone is 2. The molecule has 1 aromatic carbocycles. The molecule has 7 heteroatoms. The molecule has 3 atom stereocenters. The fraction of sp³-hybridized carbons (Fsp3) is 0.517. The zero-order valence-corrected chi connectivity index (χ0v) is 21.4. The molecule has 7 nitrogen and oxygen atoms in total. The second-order valence-corrected chi connectivity index (χ2v) is 10.4. The lowest BCUT2D eigenvalue weighted by atomic mass is 9.79. The number of hydrogen-bond donors (Lipinski definition) is 2. The standard InChI is InChI=1S/C29H38N4O3/c1-32-13-10-21(17-27(32)34)25-9-12-30-18-26(25)29(35)33(24-7-8-24)19-23-16-20(5-4-14-36-2)15-22-6-3-11-31-28(22)23/h3,6,10-11,13,15-17,24-27,30,34H,4-5,7-9,12,14,18-19H2,1-2H3/t25-,26+,27?/m1/s1. The minimum atomic E-state index is -0.645. The van der Waals surface area contributed by atoms with Crippen molar-refractivity contribution in [3.05, 3.63) is 65.5 Å². The van der Waals surface area contributed by atoms with E-state index in [1.807, 2.05) is 31.6 Å². The average Bonchev–Trinajstić information content (AvgIpc) is 3.74. The molecule has 3 heterocycles. The molecule has 1 saturated heterocycles. The molecule has 2 fully saturated rings. The molecule has 36 heavy (non-hydrogen) atoms. The second kappa shape index (κ2) is 11.1. The van der Waals surface area contributed by atoms with E-state index >= 15 is 0 Å². The maximum atomic E-state index is 14.1. The highest BCUT2D eigenvalue weighted by atomic mass is 16.5. The summed E-state index contributed by atoms with van der Waals surface area (Å²) < 4.78 is 5.26. The van der Waals surface area contributed by atoms with Crippen molar-refractivity contribution in [1.29, 1.82) is 0 Å². The Morgan fingerprint density at radius 3 is 2.94 bits per heavy atom. The minimum Gasteiger partial charge on any atom is -0.385 e. The number of nitrogens with zero attached hydrogens (tertiary/aromatic N) is 3. The van der Waals surface area contributed by atoms with Gasteiger partial charge in [-0.25, -0.2) is 0 Å². The normalized spacial score (nSPS) is 24.1. The molecule has 0 radical (unpaired) electrons. The highest BCUT2D eigenvalue weighted by Gasteiger charge is 2.41. The van der Waals surface area contributed by atoms with Gasteiger partial charge in [0, 0.05) is 57.7 Å². The number of pyridine rings is 1. The van der Waals surface area contributed by atoms with Crippen molar-refractivity contribution >= 4 is 16.8 Å². The van der Waals surface area contributed by atoms with E-state index in [2.05, 4.69) is 34.5 Å². The molecule has 2 aromatic rings. The molecule has 0 spiro atoms. The van der Waals surface area contributed by atoms with Crippen LogP contribution in [0.4, 0.5) is 0 Å². The number of hydrogen-bond acceptors (Lipinski definition) is 6. The summed E-state index contributed by atoms with van der Waals surface area (Å²) in [6.45, 7) is 2.86. The van der Waals surface area contributed by atoms with Crippen LogP contribution in [-0.4, -0.2) is 71.9 Å². The van der Waals surface area contributed by atoms with E-state index in [1.165, 1.54) is 5.56 Å². The zero-order valence-electron chi connectivity index (χ0n) is 21.4. The summed E-state index contributed by atoms with van der Waals surface area (Å²) in [6.07, 6.45) is 12.0. The van der Waals surface area contributed by atoms with Crippen LogP contribution in [0.3, 0.4) is 0 Å². The molecule has 5 rings (SSSR count). The highest BCUT2D eigenvalue weighted by Crippen LogP contribution is 2.36. The Morgan fingerprint density at radius 2 is 2.17 bits per heavy atom. The minimum absolute atomic E-state index is 0.106. The number of amides is 1. The first-order chi connectivity index (χ1) is 17.5. The molecule has 2 N–H and O–H groups in total. The number of carbonyl (C=O) groups is 1. The number of aliphatic hydroxyl groups excluding tert-OH is 1. The number of carbonyl (C=O) groups excluding carboxylic acids is 1. The molecular weight excluding hydrogens is 452 g/mol. The summed E-state index contributed by atoms with van der Waals surface area (Å²) in [5.41, 5.74) is 4.44. The van der Waals surface area contributed by atoms with Gasteiger partial charge < -0.3 is 25.0 Å². The van der Waals surface area contributed by atoms with Gasteiger partial charge in [0.2, 0.25) is 5.91 Å². The molecule has 1 amide bonds. The summed E-state index contributed by atoms with van der Waals surface area (Å²) in [6, 6.07) is 8.84. The van der Waals surface area contributed by atoms with Gasteiger partial charge in [-0.1, -0.05) is 12.1 Å². The summed E-state index contributed by atoms with van der Waals surface area (Å²) in [4.78, 5) is 22.7. The summed E-state index contributed by atoms with van der Waals surface area (Å²) in [5.74, 6) is 0.177. The molecular formula is C29H38N4O3. The van der Waals surface area contributed by atoms with E-state index < -0.39 is 6.23 Å². The predicted molar refractivity (Wildman–Crippen MR) is 141 cm³/mol. The quantitative estimate of drug-likeness (QED) is 0.526. The molecule has 1 aromatic heterocycles. The number of ether oxygens (including phenoxy) is 1. The van der Waals surface area contributed by atoms with Gasteiger partial charge in [0.25, 0.3) is 0 Å². The lowest BCUT2D eigenvalue weighted by Gasteiger charge is -2.37. The number of methoxy groups -OCH3 is 1. The van der Waals surface area contributed by atoms with Gasteiger partial charge in [-0.15, -0.1) is 0 Å². The topological polar surface area (TPSA) is 77.9 Å². The number of rotatable bonds is 9. The number of piperidine rings is 1. The maximum Gasteiger partial charge on any atom is 0.228 e. The Hall–Kier alpha value is -2.74. The predicted octanol–water partition coefficient (Wildman–Crippen LogP) is 3.23. The van der Waals surface area contributed by atoms with E-state index in [0.717, 1.165) is 67.3 Å². The number of aromatic nitrogens is 1. The van der Waals surface area contributed by atoms with Gasteiger partial charge in [0.1, 0.15) is 6.23 Å². The van der Waals surface area contributed by atoms with Crippen molar-refractivity contribution in [1.82, 2.24) is 20.1 Å². The maximum absolute atomic E-state index is 14.1. The third-order valence-corrected chi connectivity index (χ3v) is 7.76. The van der Waals surface area contributed by atoms with E-state index in [9.17, 15) is 9.90 Å². The SMILES string of the molecule is COCCCc1cc(CN(C(=O)[C@H]2CNCC[C@@H]2C2=CC(O)N(C)C=C2)C2CC2)c2ncccc2c1. The molecule has 1 unspecified atom stereocenters. The van der Waals surface area contributed by atoms with Gasteiger partial charge >= 0.3 is 0 Å². The van der Waals surface area contributed by atoms with Crippen LogP contribution in [0.2, 0.25) is 0 Å². The first-order valence-corrected chi connectivity index (χ1v) is 13.2. The number of aliphatic hydroxyl groups is 1. The first-order valence-electron chi connectivity index (χ1n) is 13.2. The number of likely N-dealkylation sites (N-methyl/N-ethyl adjacent to an activating group) is 1. The van der Waals surface area contributed by atoms with Gasteiger partial charge in [0.05, 0.1) is 11.4 Å². The highest BCUT2D eigenvalue weighted by molar-refractivity contribution is 5.84. The van der Waals surface area contributed by atoms with Crippen molar-refractivity contribution < 1.29 is 14.6 Å². The van der Waals surface area contributed by atoms with Gasteiger partial charge in [-0.05, 0) is 85.6 Å². The number of fused-ring (bicyclic) bond motifs is 1.